The van der Waals surface area contributed by atoms with Gasteiger partial charge >= 0.3 is 0 Å². The van der Waals surface area contributed by atoms with E-state index < -0.39 is 5.82 Å². The molecule has 98 valence electrons. The number of carbonyl (C=O) groups is 2. The molecule has 0 bridgehead atoms. The van der Waals surface area contributed by atoms with Crippen molar-refractivity contribution in [1.29, 1.82) is 0 Å². The van der Waals surface area contributed by atoms with Crippen LogP contribution in [0.15, 0.2) is 18.2 Å². The molecule has 0 fully saturated rings. The van der Waals surface area contributed by atoms with E-state index in [0.29, 0.717) is 5.56 Å². The zero-order chi connectivity index (χ0) is 13.7. The molecule has 4 nitrogen and oxygen atoms in total. The molecule has 0 spiro atoms. The highest BCUT2D eigenvalue weighted by Gasteiger charge is 2.11. The molecular weight excluding hydrogens is 237 g/mol. The van der Waals surface area contributed by atoms with Crippen molar-refractivity contribution < 1.29 is 18.7 Å². The van der Waals surface area contributed by atoms with Crippen molar-refractivity contribution >= 4 is 11.7 Å². The summed E-state index contributed by atoms with van der Waals surface area (Å²) in [5.41, 5.74) is 0.314. The standard InChI is InChI=1S/C13H16FNO3/c1-9(16)11-5-4-10(14)8-12(11)18-7-6-13(17)15(2)3/h4-5,8H,6-7H2,1-3H3. The Hall–Kier alpha value is -1.91. The van der Waals surface area contributed by atoms with Crippen LogP contribution in [0.5, 0.6) is 5.75 Å². The zero-order valence-electron chi connectivity index (χ0n) is 10.7. The van der Waals surface area contributed by atoms with Crippen molar-refractivity contribution in [1.82, 2.24) is 4.90 Å². The molecular formula is C13H16FNO3. The molecule has 1 aromatic carbocycles. The highest BCUT2D eigenvalue weighted by atomic mass is 19.1. The minimum absolute atomic E-state index is 0.0872. The summed E-state index contributed by atoms with van der Waals surface area (Å²) in [6.07, 6.45) is 0.181. The monoisotopic (exact) mass is 253 g/mol. The summed E-state index contributed by atoms with van der Waals surface area (Å²) in [6.45, 7) is 1.49. The van der Waals surface area contributed by atoms with E-state index in [9.17, 15) is 14.0 Å². The number of Topliss-reactive ketones (excluding diaryl/α,β-unsaturated/α-hetero) is 1. The number of ether oxygens (including phenoxy) is 1. The van der Waals surface area contributed by atoms with Gasteiger partial charge < -0.3 is 9.64 Å². The van der Waals surface area contributed by atoms with Gasteiger partial charge in [-0.2, -0.15) is 0 Å². The van der Waals surface area contributed by atoms with Crippen LogP contribution in [0.1, 0.15) is 23.7 Å². The number of hydrogen-bond acceptors (Lipinski definition) is 3. The minimum atomic E-state index is -0.478. The van der Waals surface area contributed by atoms with Gasteiger partial charge in [-0.1, -0.05) is 0 Å². The molecule has 18 heavy (non-hydrogen) atoms. The van der Waals surface area contributed by atoms with Crippen LogP contribution >= 0.6 is 0 Å². The quantitative estimate of drug-likeness (QED) is 0.753. The van der Waals surface area contributed by atoms with Gasteiger partial charge in [0.05, 0.1) is 18.6 Å². The summed E-state index contributed by atoms with van der Waals surface area (Å²) >= 11 is 0. The number of amides is 1. The molecule has 5 heteroatoms. The Morgan fingerprint density at radius 3 is 2.56 bits per heavy atom. The van der Waals surface area contributed by atoms with Crippen LogP contribution in [-0.4, -0.2) is 37.3 Å². The summed E-state index contributed by atoms with van der Waals surface area (Å²) in [5, 5.41) is 0. The van der Waals surface area contributed by atoms with Gasteiger partial charge in [0, 0.05) is 20.2 Å². The van der Waals surface area contributed by atoms with E-state index in [1.54, 1.807) is 14.1 Å². The van der Waals surface area contributed by atoms with E-state index in [2.05, 4.69) is 0 Å². The van der Waals surface area contributed by atoms with E-state index in [-0.39, 0.29) is 30.5 Å². The molecule has 1 amide bonds. The highest BCUT2D eigenvalue weighted by molar-refractivity contribution is 5.96. The van der Waals surface area contributed by atoms with E-state index in [1.807, 2.05) is 0 Å². The topological polar surface area (TPSA) is 46.6 Å². The Morgan fingerprint density at radius 2 is 2.00 bits per heavy atom. The van der Waals surface area contributed by atoms with Crippen molar-refractivity contribution in [2.24, 2.45) is 0 Å². The van der Waals surface area contributed by atoms with Crippen LogP contribution in [0.2, 0.25) is 0 Å². The largest absolute Gasteiger partial charge is 0.492 e. The van der Waals surface area contributed by atoms with E-state index in [0.717, 1.165) is 6.07 Å². The van der Waals surface area contributed by atoms with Crippen molar-refractivity contribution in [3.8, 4) is 5.75 Å². The molecule has 0 aromatic heterocycles. The molecule has 0 N–H and O–H groups in total. The molecule has 0 aliphatic rings. The van der Waals surface area contributed by atoms with Gasteiger partial charge in [0.15, 0.2) is 5.78 Å². The first kappa shape index (κ1) is 14.2. The van der Waals surface area contributed by atoms with Crippen LogP contribution in [-0.2, 0) is 4.79 Å². The fourth-order valence-electron chi connectivity index (χ4n) is 1.38. The lowest BCUT2D eigenvalue weighted by Crippen LogP contribution is -2.23. The SMILES string of the molecule is CC(=O)c1ccc(F)cc1OCCC(=O)N(C)C. The van der Waals surface area contributed by atoms with E-state index in [4.69, 9.17) is 4.74 Å². The van der Waals surface area contributed by atoms with Gasteiger partial charge in [0.25, 0.3) is 0 Å². The lowest BCUT2D eigenvalue weighted by Gasteiger charge is -2.12. The maximum absolute atomic E-state index is 13.1. The fourth-order valence-corrected chi connectivity index (χ4v) is 1.38. The lowest BCUT2D eigenvalue weighted by atomic mass is 10.1. The molecule has 0 aliphatic carbocycles. The number of rotatable bonds is 5. The van der Waals surface area contributed by atoms with Crippen LogP contribution in [0.4, 0.5) is 4.39 Å². The van der Waals surface area contributed by atoms with Crippen LogP contribution < -0.4 is 4.74 Å². The molecule has 0 saturated heterocycles. The third kappa shape index (κ3) is 3.84. The summed E-state index contributed by atoms with van der Waals surface area (Å²) in [7, 11) is 3.29. The van der Waals surface area contributed by atoms with Crippen molar-refractivity contribution in [3.05, 3.63) is 29.6 Å². The maximum atomic E-state index is 13.1. The van der Waals surface area contributed by atoms with Crippen LogP contribution in [0, 0.1) is 5.82 Å². The van der Waals surface area contributed by atoms with E-state index in [1.165, 1.54) is 24.0 Å². The number of ketones is 1. The average molecular weight is 253 g/mol. The first-order valence-corrected chi connectivity index (χ1v) is 5.55. The summed E-state index contributed by atoms with van der Waals surface area (Å²) in [4.78, 5) is 24.1. The number of halogens is 1. The number of benzene rings is 1. The van der Waals surface area contributed by atoms with Gasteiger partial charge in [-0.25, -0.2) is 4.39 Å². The number of carbonyl (C=O) groups excluding carboxylic acids is 2. The van der Waals surface area contributed by atoms with Crippen LogP contribution in [0.25, 0.3) is 0 Å². The van der Waals surface area contributed by atoms with Gasteiger partial charge in [-0.05, 0) is 19.1 Å². The molecule has 0 heterocycles. The number of nitrogens with zero attached hydrogens (tertiary/aromatic N) is 1. The van der Waals surface area contributed by atoms with Gasteiger partial charge in [-0.15, -0.1) is 0 Å². The molecule has 1 rings (SSSR count). The maximum Gasteiger partial charge on any atom is 0.225 e. The Labute approximate surface area is 105 Å². The average Bonchev–Trinajstić information content (AvgIpc) is 2.28. The summed E-state index contributed by atoms with van der Waals surface area (Å²) in [6, 6.07) is 3.73. The van der Waals surface area contributed by atoms with Crippen molar-refractivity contribution in [2.75, 3.05) is 20.7 Å². The third-order valence-electron chi connectivity index (χ3n) is 2.40. The van der Waals surface area contributed by atoms with Gasteiger partial charge in [0.2, 0.25) is 5.91 Å². The van der Waals surface area contributed by atoms with Gasteiger partial charge in [-0.3, -0.25) is 9.59 Å². The minimum Gasteiger partial charge on any atom is -0.492 e. The van der Waals surface area contributed by atoms with Crippen LogP contribution in [0.3, 0.4) is 0 Å². The predicted octanol–water partition coefficient (Wildman–Crippen LogP) is 1.89. The van der Waals surface area contributed by atoms with Crippen molar-refractivity contribution in [3.63, 3.8) is 0 Å². The fraction of sp³-hybridized carbons (Fsp3) is 0.385. The first-order valence-electron chi connectivity index (χ1n) is 5.55. The zero-order valence-corrected chi connectivity index (χ0v) is 10.7. The Kier molecular flexibility index (Phi) is 4.83. The van der Waals surface area contributed by atoms with Crippen molar-refractivity contribution in [2.45, 2.75) is 13.3 Å². The molecule has 0 radical (unpaired) electrons. The Bertz CT molecular complexity index is 458. The summed E-state index contributed by atoms with van der Waals surface area (Å²) < 4.78 is 18.3. The third-order valence-corrected chi connectivity index (χ3v) is 2.40. The molecule has 0 unspecified atom stereocenters. The van der Waals surface area contributed by atoms with Gasteiger partial charge in [0.1, 0.15) is 11.6 Å². The smallest absolute Gasteiger partial charge is 0.225 e. The molecule has 1 aromatic rings. The first-order chi connectivity index (χ1) is 8.41. The van der Waals surface area contributed by atoms with E-state index >= 15 is 0 Å². The highest BCUT2D eigenvalue weighted by Crippen LogP contribution is 2.20. The Balaban J connectivity index is 2.69. The molecule has 0 saturated carbocycles. The molecule has 0 aliphatic heterocycles. The second kappa shape index (κ2) is 6.14. The molecule has 0 atom stereocenters. The second-order valence-corrected chi connectivity index (χ2v) is 4.08. The predicted molar refractivity (Wildman–Crippen MR) is 65.2 cm³/mol. The Morgan fingerprint density at radius 1 is 1.33 bits per heavy atom. The second-order valence-electron chi connectivity index (χ2n) is 4.08. The normalized spacial score (nSPS) is 10.0. The lowest BCUT2D eigenvalue weighted by molar-refractivity contribution is -0.129. The summed E-state index contributed by atoms with van der Waals surface area (Å²) in [5.74, 6) is -0.595. The number of hydrogen-bond donors (Lipinski definition) is 0.